The molecule has 0 heterocycles. The fourth-order valence-electron chi connectivity index (χ4n) is 1.46. The van der Waals surface area contributed by atoms with Crippen LogP contribution in [-0.4, -0.2) is 39.3 Å². The van der Waals surface area contributed by atoms with Crippen molar-refractivity contribution in [2.45, 2.75) is 40.0 Å². The van der Waals surface area contributed by atoms with E-state index in [1.165, 1.54) is 19.3 Å². The van der Waals surface area contributed by atoms with E-state index < -0.39 is 0 Å². The predicted molar refractivity (Wildman–Crippen MR) is 73.0 cm³/mol. The van der Waals surface area contributed by atoms with E-state index in [4.69, 9.17) is 0 Å². The number of hydrogen-bond acceptors (Lipinski definition) is 3. The van der Waals surface area contributed by atoms with E-state index in [-0.39, 0.29) is 0 Å². The van der Waals surface area contributed by atoms with Crippen LogP contribution in [0.15, 0.2) is 0 Å². The van der Waals surface area contributed by atoms with Crippen molar-refractivity contribution in [1.82, 2.24) is 16.0 Å². The molecule has 1 atom stereocenters. The van der Waals surface area contributed by atoms with Gasteiger partial charge in [0, 0.05) is 26.2 Å². The topological polar surface area (TPSA) is 36.1 Å². The minimum absolute atomic E-state index is 0.860. The molecule has 0 saturated heterocycles. The van der Waals surface area contributed by atoms with E-state index in [0.29, 0.717) is 0 Å². The van der Waals surface area contributed by atoms with Gasteiger partial charge in [-0.1, -0.05) is 27.2 Å². The Balaban J connectivity index is 2.93. The third kappa shape index (κ3) is 12.0. The van der Waals surface area contributed by atoms with Crippen molar-refractivity contribution in [3.05, 3.63) is 0 Å². The molecule has 16 heavy (non-hydrogen) atoms. The molecule has 0 saturated carbocycles. The van der Waals surface area contributed by atoms with Gasteiger partial charge in [-0.05, 0) is 31.8 Å². The summed E-state index contributed by atoms with van der Waals surface area (Å²) in [6.07, 6.45) is 3.81. The third-order valence-corrected chi connectivity index (χ3v) is 2.89. The summed E-state index contributed by atoms with van der Waals surface area (Å²) in [5.41, 5.74) is 0. The summed E-state index contributed by atoms with van der Waals surface area (Å²) in [6.45, 7) is 13.4. The Hall–Kier alpha value is -0.120. The maximum atomic E-state index is 3.47. The summed E-state index contributed by atoms with van der Waals surface area (Å²) in [7, 11) is 0. The first-order valence-electron chi connectivity index (χ1n) is 6.93. The largest absolute Gasteiger partial charge is 0.315 e. The van der Waals surface area contributed by atoms with Crippen LogP contribution in [0, 0.1) is 5.92 Å². The monoisotopic (exact) mass is 229 g/mol. The molecule has 0 aliphatic rings. The van der Waals surface area contributed by atoms with Gasteiger partial charge in [-0.15, -0.1) is 0 Å². The lowest BCUT2D eigenvalue weighted by Gasteiger charge is -2.10. The van der Waals surface area contributed by atoms with Crippen LogP contribution >= 0.6 is 0 Å². The molecule has 0 aliphatic heterocycles. The molecule has 0 radical (unpaired) electrons. The number of hydrogen-bond donors (Lipinski definition) is 3. The molecule has 3 nitrogen and oxygen atoms in total. The molecule has 0 amide bonds. The molecule has 3 heteroatoms. The van der Waals surface area contributed by atoms with Crippen LogP contribution in [0.3, 0.4) is 0 Å². The van der Waals surface area contributed by atoms with Crippen molar-refractivity contribution in [3.8, 4) is 0 Å². The minimum atomic E-state index is 0.860. The summed E-state index contributed by atoms with van der Waals surface area (Å²) in [5, 5.41) is 10.3. The van der Waals surface area contributed by atoms with Crippen LogP contribution in [-0.2, 0) is 0 Å². The van der Waals surface area contributed by atoms with Crippen molar-refractivity contribution >= 4 is 0 Å². The van der Waals surface area contributed by atoms with Crippen molar-refractivity contribution in [2.24, 2.45) is 5.92 Å². The van der Waals surface area contributed by atoms with Crippen molar-refractivity contribution < 1.29 is 0 Å². The second kappa shape index (κ2) is 12.9. The van der Waals surface area contributed by atoms with Gasteiger partial charge in [0.1, 0.15) is 0 Å². The molecule has 0 aromatic heterocycles. The summed E-state index contributed by atoms with van der Waals surface area (Å²) in [6, 6.07) is 0. The minimum Gasteiger partial charge on any atom is -0.315 e. The zero-order valence-electron chi connectivity index (χ0n) is 11.4. The Morgan fingerprint density at radius 1 is 0.750 bits per heavy atom. The van der Waals surface area contributed by atoms with E-state index in [1.54, 1.807) is 0 Å². The van der Waals surface area contributed by atoms with Crippen LogP contribution in [0.25, 0.3) is 0 Å². The zero-order chi connectivity index (χ0) is 12.1. The van der Waals surface area contributed by atoms with Crippen molar-refractivity contribution in [1.29, 1.82) is 0 Å². The maximum Gasteiger partial charge on any atom is 0.00772 e. The highest BCUT2D eigenvalue weighted by molar-refractivity contribution is 4.57. The third-order valence-electron chi connectivity index (χ3n) is 2.89. The molecule has 1 unspecified atom stereocenters. The Labute approximate surface area is 102 Å². The molecular weight excluding hydrogens is 198 g/mol. The molecule has 98 valence electrons. The average molecular weight is 229 g/mol. The fourth-order valence-corrected chi connectivity index (χ4v) is 1.46. The first kappa shape index (κ1) is 15.9. The number of nitrogens with one attached hydrogen (secondary N) is 3. The van der Waals surface area contributed by atoms with Gasteiger partial charge in [0.25, 0.3) is 0 Å². The van der Waals surface area contributed by atoms with Crippen LogP contribution in [0.1, 0.15) is 40.0 Å². The van der Waals surface area contributed by atoms with E-state index in [9.17, 15) is 0 Å². The Morgan fingerprint density at radius 2 is 1.25 bits per heavy atom. The van der Waals surface area contributed by atoms with E-state index in [0.717, 1.165) is 45.2 Å². The maximum absolute atomic E-state index is 3.47. The Kier molecular flexibility index (Phi) is 12.9. The second-order valence-electron chi connectivity index (χ2n) is 4.55. The second-order valence-corrected chi connectivity index (χ2v) is 4.55. The van der Waals surface area contributed by atoms with Crippen LogP contribution in [0.2, 0.25) is 0 Å². The Bertz CT molecular complexity index is 128. The van der Waals surface area contributed by atoms with Crippen LogP contribution in [0.4, 0.5) is 0 Å². The molecule has 0 bridgehead atoms. The summed E-state index contributed by atoms with van der Waals surface area (Å²) < 4.78 is 0. The van der Waals surface area contributed by atoms with Gasteiger partial charge in [0.15, 0.2) is 0 Å². The molecular formula is C13H31N3. The molecule has 0 rings (SSSR count). The first-order chi connectivity index (χ1) is 7.81. The molecule has 0 aliphatic carbocycles. The molecule has 3 N–H and O–H groups in total. The molecule has 0 spiro atoms. The lowest BCUT2D eigenvalue weighted by atomic mass is 10.1. The van der Waals surface area contributed by atoms with Crippen LogP contribution < -0.4 is 16.0 Å². The molecule has 0 aromatic carbocycles. The van der Waals surface area contributed by atoms with E-state index in [2.05, 4.69) is 36.7 Å². The SMILES string of the molecule is CCCNCCNCCNCCC(C)CC. The first-order valence-corrected chi connectivity index (χ1v) is 6.93. The fraction of sp³-hybridized carbons (Fsp3) is 1.00. The summed E-state index contributed by atoms with van der Waals surface area (Å²) >= 11 is 0. The lowest BCUT2D eigenvalue weighted by molar-refractivity contribution is 0.483. The van der Waals surface area contributed by atoms with Crippen LogP contribution in [0.5, 0.6) is 0 Å². The average Bonchev–Trinajstić information content (AvgIpc) is 2.31. The molecule has 0 fully saturated rings. The normalized spacial score (nSPS) is 12.9. The zero-order valence-corrected chi connectivity index (χ0v) is 11.4. The van der Waals surface area contributed by atoms with Crippen molar-refractivity contribution in [2.75, 3.05) is 39.3 Å². The quantitative estimate of drug-likeness (QED) is 0.445. The Morgan fingerprint density at radius 3 is 1.75 bits per heavy atom. The lowest BCUT2D eigenvalue weighted by Crippen LogP contribution is -2.33. The van der Waals surface area contributed by atoms with Gasteiger partial charge in [-0.3, -0.25) is 0 Å². The van der Waals surface area contributed by atoms with Gasteiger partial charge >= 0.3 is 0 Å². The van der Waals surface area contributed by atoms with Gasteiger partial charge in [0.2, 0.25) is 0 Å². The standard InChI is InChI=1S/C13H31N3/c1-4-7-14-9-11-16-12-10-15-8-6-13(3)5-2/h13-16H,4-12H2,1-3H3. The van der Waals surface area contributed by atoms with Crippen molar-refractivity contribution in [3.63, 3.8) is 0 Å². The van der Waals surface area contributed by atoms with E-state index >= 15 is 0 Å². The highest BCUT2D eigenvalue weighted by Crippen LogP contribution is 2.03. The van der Waals surface area contributed by atoms with E-state index in [1.807, 2.05) is 0 Å². The highest BCUT2D eigenvalue weighted by Gasteiger charge is 1.96. The highest BCUT2D eigenvalue weighted by atomic mass is 15.0. The number of rotatable bonds is 12. The predicted octanol–water partition coefficient (Wildman–Crippen LogP) is 1.60. The summed E-state index contributed by atoms with van der Waals surface area (Å²) in [5.74, 6) is 0.860. The summed E-state index contributed by atoms with van der Waals surface area (Å²) in [4.78, 5) is 0. The van der Waals surface area contributed by atoms with Gasteiger partial charge in [0.05, 0.1) is 0 Å². The van der Waals surface area contributed by atoms with Gasteiger partial charge < -0.3 is 16.0 Å². The van der Waals surface area contributed by atoms with Gasteiger partial charge in [-0.25, -0.2) is 0 Å². The smallest absolute Gasteiger partial charge is 0.00772 e. The molecule has 0 aromatic rings. The van der Waals surface area contributed by atoms with Gasteiger partial charge in [-0.2, -0.15) is 0 Å².